The van der Waals surface area contributed by atoms with E-state index >= 15 is 0 Å². The van der Waals surface area contributed by atoms with Gasteiger partial charge in [0.25, 0.3) is 0 Å². The van der Waals surface area contributed by atoms with E-state index in [-0.39, 0.29) is 48.0 Å². The fraction of sp³-hybridized carbons (Fsp3) is 0.576. The number of rotatable bonds is 17. The highest BCUT2D eigenvalue weighted by molar-refractivity contribution is 7.89. The standard InChI is InChI=1S/C33H48N4O8S/c1-7-11-30(39)45-37-29-20-36(33(37)44-29)31(22(4)5)32(40)35-26(17-23-12-9-8-10-13-23)27(38)19-34-46(41,42)28-15-14-25(43-6)18-24(28)16-21(2)3/h8-10,12-15,18,21-22,26-27,29,31,33-34,38H,7,11,16-17,19-20H2,1-6H3,(H,35,40)/t26-,27+,29?,31-,33?/m0/s1. The third-order valence-corrected chi connectivity index (χ3v) is 9.63. The van der Waals surface area contributed by atoms with Crippen molar-refractivity contribution in [3.8, 4) is 5.75 Å². The summed E-state index contributed by atoms with van der Waals surface area (Å²) in [6.45, 7) is 9.76. The van der Waals surface area contributed by atoms with Crippen LogP contribution >= 0.6 is 0 Å². The van der Waals surface area contributed by atoms with Gasteiger partial charge in [0.05, 0.1) is 30.2 Å². The number of nitrogens with zero attached hydrogens (tertiary/aromatic N) is 2. The van der Waals surface area contributed by atoms with Crippen molar-refractivity contribution in [1.82, 2.24) is 20.0 Å². The molecule has 2 unspecified atom stereocenters. The predicted octanol–water partition coefficient (Wildman–Crippen LogP) is 2.80. The van der Waals surface area contributed by atoms with Gasteiger partial charge in [-0.05, 0) is 60.4 Å². The van der Waals surface area contributed by atoms with Gasteiger partial charge in [-0.2, -0.15) is 0 Å². The number of carbonyl (C=O) groups excluding carboxylic acids is 2. The molecule has 0 aliphatic carbocycles. The molecule has 46 heavy (non-hydrogen) atoms. The zero-order chi connectivity index (χ0) is 33.6. The van der Waals surface area contributed by atoms with Gasteiger partial charge >= 0.3 is 5.97 Å². The SMILES string of the molecule is CCCC(=O)ON1C2CN([C@H](C(=O)N[C@@H](Cc3ccccc3)[C@H](O)CNS(=O)(=O)c3ccc(OC)cc3CC(C)C)C(C)C)C1O2. The molecule has 0 saturated carbocycles. The second-order valence-electron chi connectivity index (χ2n) is 12.7. The van der Waals surface area contributed by atoms with E-state index in [2.05, 4.69) is 10.0 Å². The molecule has 12 nitrogen and oxygen atoms in total. The summed E-state index contributed by atoms with van der Waals surface area (Å²) in [5, 5.41) is 15.9. The fourth-order valence-electron chi connectivity index (χ4n) is 5.90. The number of nitrogens with one attached hydrogen (secondary N) is 2. The van der Waals surface area contributed by atoms with E-state index in [0.29, 0.717) is 30.7 Å². The number of hydrogen-bond acceptors (Lipinski definition) is 10. The van der Waals surface area contributed by atoms with Crippen LogP contribution in [0.4, 0.5) is 0 Å². The van der Waals surface area contributed by atoms with Crippen LogP contribution in [0.25, 0.3) is 0 Å². The van der Waals surface area contributed by atoms with Crippen molar-refractivity contribution in [2.45, 2.75) is 96.0 Å². The summed E-state index contributed by atoms with van der Waals surface area (Å²) in [6, 6.07) is 12.7. The van der Waals surface area contributed by atoms with Gasteiger partial charge in [-0.25, -0.2) is 18.0 Å². The number of hydroxylamine groups is 2. The number of hydrogen-bond donors (Lipinski definition) is 3. The van der Waals surface area contributed by atoms with Crippen LogP contribution in [-0.2, 0) is 42.0 Å². The Morgan fingerprint density at radius 2 is 1.80 bits per heavy atom. The van der Waals surface area contributed by atoms with E-state index in [4.69, 9.17) is 14.3 Å². The number of aliphatic hydroxyl groups excluding tert-OH is 1. The van der Waals surface area contributed by atoms with E-state index < -0.39 is 40.8 Å². The number of ether oxygens (including phenoxy) is 2. The minimum Gasteiger partial charge on any atom is -0.497 e. The van der Waals surface area contributed by atoms with Crippen molar-refractivity contribution in [3.63, 3.8) is 0 Å². The summed E-state index contributed by atoms with van der Waals surface area (Å²) in [5.74, 6) is -0.0916. The topological polar surface area (TPSA) is 147 Å². The predicted molar refractivity (Wildman–Crippen MR) is 172 cm³/mol. The summed E-state index contributed by atoms with van der Waals surface area (Å²) in [7, 11) is -2.48. The maximum atomic E-state index is 13.9. The summed E-state index contributed by atoms with van der Waals surface area (Å²) in [5.41, 5.74) is 1.48. The Morgan fingerprint density at radius 1 is 1.09 bits per heavy atom. The third-order valence-electron chi connectivity index (χ3n) is 8.11. The van der Waals surface area contributed by atoms with Crippen molar-refractivity contribution >= 4 is 21.9 Å². The van der Waals surface area contributed by atoms with E-state index in [1.54, 1.807) is 12.1 Å². The number of benzene rings is 2. The van der Waals surface area contributed by atoms with Crippen molar-refractivity contribution in [1.29, 1.82) is 0 Å². The van der Waals surface area contributed by atoms with Gasteiger partial charge in [-0.1, -0.05) is 70.0 Å². The van der Waals surface area contributed by atoms with Crippen molar-refractivity contribution in [2.75, 3.05) is 20.2 Å². The number of sulfonamides is 1. The Labute approximate surface area is 272 Å². The molecule has 3 heterocycles. The average Bonchev–Trinajstić information content (AvgIpc) is 3.58. The smallest absolute Gasteiger partial charge is 0.325 e. The number of aliphatic hydroxyl groups is 1. The second kappa shape index (κ2) is 15.7. The number of methoxy groups -OCH3 is 1. The van der Waals surface area contributed by atoms with Gasteiger partial charge in [-0.3, -0.25) is 9.59 Å². The van der Waals surface area contributed by atoms with Gasteiger partial charge in [0.1, 0.15) is 5.75 Å². The zero-order valence-corrected chi connectivity index (χ0v) is 28.3. The van der Waals surface area contributed by atoms with Crippen LogP contribution in [0.2, 0.25) is 0 Å². The summed E-state index contributed by atoms with van der Waals surface area (Å²) >= 11 is 0. The molecule has 3 N–H and O–H groups in total. The summed E-state index contributed by atoms with van der Waals surface area (Å²) in [6.07, 6.45) is -0.666. The summed E-state index contributed by atoms with van der Waals surface area (Å²) < 4.78 is 40.7. The molecule has 2 bridgehead atoms. The fourth-order valence-corrected chi connectivity index (χ4v) is 7.18. The van der Waals surface area contributed by atoms with Gasteiger partial charge in [0, 0.05) is 19.5 Å². The zero-order valence-electron chi connectivity index (χ0n) is 27.5. The lowest BCUT2D eigenvalue weighted by molar-refractivity contribution is -0.386. The van der Waals surface area contributed by atoms with Crippen LogP contribution in [-0.4, -0.2) is 86.3 Å². The van der Waals surface area contributed by atoms with Crippen LogP contribution < -0.4 is 14.8 Å². The first kappa shape index (κ1) is 35.8. The Hall–Kier alpha value is -3.07. The molecule has 2 aromatic carbocycles. The van der Waals surface area contributed by atoms with Crippen molar-refractivity contribution in [2.24, 2.45) is 11.8 Å². The molecule has 1 amide bonds. The molecule has 0 spiro atoms. The molecular formula is C33H48N4O8S. The third kappa shape index (κ3) is 8.64. The van der Waals surface area contributed by atoms with E-state index in [0.717, 1.165) is 5.56 Å². The lowest BCUT2D eigenvalue weighted by Gasteiger charge is -2.40. The Kier molecular flexibility index (Phi) is 12.2. The summed E-state index contributed by atoms with van der Waals surface area (Å²) in [4.78, 5) is 33.5. The monoisotopic (exact) mass is 660 g/mol. The first-order valence-corrected chi connectivity index (χ1v) is 17.4. The quantitative estimate of drug-likeness (QED) is 0.232. The molecule has 3 saturated heterocycles. The van der Waals surface area contributed by atoms with E-state index in [1.807, 2.05) is 69.9 Å². The Balaban J connectivity index is 1.50. The molecule has 3 aliphatic heterocycles. The minimum absolute atomic E-state index is 0.120. The molecular weight excluding hydrogens is 612 g/mol. The van der Waals surface area contributed by atoms with Gasteiger partial charge in [-0.15, -0.1) is 0 Å². The molecule has 3 fully saturated rings. The van der Waals surface area contributed by atoms with Crippen LogP contribution in [0.1, 0.15) is 58.6 Å². The number of fused-ring (bicyclic) bond motifs is 1. The second-order valence-corrected chi connectivity index (χ2v) is 14.4. The highest BCUT2D eigenvalue weighted by Crippen LogP contribution is 2.37. The highest BCUT2D eigenvalue weighted by Gasteiger charge is 2.58. The molecule has 2 aromatic rings. The van der Waals surface area contributed by atoms with Crippen molar-refractivity contribution in [3.05, 3.63) is 59.7 Å². The molecule has 0 radical (unpaired) electrons. The Bertz CT molecular complexity index is 1440. The molecule has 13 heteroatoms. The molecule has 5 rings (SSSR count). The van der Waals surface area contributed by atoms with Crippen LogP contribution in [0.3, 0.4) is 0 Å². The van der Waals surface area contributed by atoms with E-state index in [9.17, 15) is 23.1 Å². The average molecular weight is 661 g/mol. The van der Waals surface area contributed by atoms with E-state index in [1.165, 1.54) is 18.2 Å². The van der Waals surface area contributed by atoms with Crippen molar-refractivity contribution < 1.29 is 37.4 Å². The van der Waals surface area contributed by atoms with Gasteiger partial charge in [0.2, 0.25) is 22.3 Å². The Morgan fingerprint density at radius 3 is 2.43 bits per heavy atom. The molecule has 0 aromatic heterocycles. The lowest BCUT2D eigenvalue weighted by atomic mass is 9.98. The minimum atomic E-state index is -4.01. The maximum absolute atomic E-state index is 13.9. The van der Waals surface area contributed by atoms with Gasteiger partial charge in [0.15, 0.2) is 6.23 Å². The molecule has 3 aliphatic rings. The van der Waals surface area contributed by atoms with Crippen LogP contribution in [0.5, 0.6) is 5.75 Å². The lowest BCUT2D eigenvalue weighted by Crippen LogP contribution is -2.60. The number of carbonyl (C=O) groups is 2. The maximum Gasteiger partial charge on any atom is 0.325 e. The molecule has 254 valence electrons. The normalized spacial score (nSPS) is 20.3. The first-order chi connectivity index (χ1) is 21.8. The molecule has 5 atom stereocenters. The van der Waals surface area contributed by atoms with Crippen LogP contribution in [0.15, 0.2) is 53.4 Å². The highest BCUT2D eigenvalue weighted by atomic mass is 32.2. The largest absolute Gasteiger partial charge is 0.497 e. The number of amides is 1. The van der Waals surface area contributed by atoms with Crippen LogP contribution in [0, 0.1) is 11.8 Å². The first-order valence-electron chi connectivity index (χ1n) is 15.9. The van der Waals surface area contributed by atoms with Gasteiger partial charge < -0.3 is 24.7 Å².